The minimum absolute atomic E-state index is 0.0176. The van der Waals surface area contributed by atoms with Gasteiger partial charge in [-0.2, -0.15) is 0 Å². The van der Waals surface area contributed by atoms with Crippen molar-refractivity contribution in [1.29, 1.82) is 0 Å². The van der Waals surface area contributed by atoms with Gasteiger partial charge in [-0.3, -0.25) is 4.98 Å². The summed E-state index contributed by atoms with van der Waals surface area (Å²) in [5.74, 6) is 1.53. The summed E-state index contributed by atoms with van der Waals surface area (Å²) in [6, 6.07) is 9.77. The predicted octanol–water partition coefficient (Wildman–Crippen LogP) is 2.96. The molecule has 1 saturated heterocycles. The van der Waals surface area contributed by atoms with E-state index in [1.807, 2.05) is 30.3 Å². The molecule has 0 spiro atoms. The highest BCUT2D eigenvalue weighted by Crippen LogP contribution is 2.44. The van der Waals surface area contributed by atoms with E-state index >= 15 is 0 Å². The third-order valence-corrected chi connectivity index (χ3v) is 8.46. The first-order chi connectivity index (χ1) is 15.2. The minimum atomic E-state index is -3.49. The van der Waals surface area contributed by atoms with E-state index in [2.05, 4.69) is 16.8 Å². The maximum absolute atomic E-state index is 12.8. The lowest BCUT2D eigenvalue weighted by Crippen LogP contribution is -2.56. The van der Waals surface area contributed by atoms with Gasteiger partial charge in [0.1, 0.15) is 17.0 Å². The highest BCUT2D eigenvalue weighted by atomic mass is 32.2. The number of benzene rings is 1. The lowest BCUT2D eigenvalue weighted by molar-refractivity contribution is 0.0482. The van der Waals surface area contributed by atoms with E-state index in [0.29, 0.717) is 42.9 Å². The number of hydrogen-bond acceptors (Lipinski definition) is 8. The Hall–Kier alpha value is -2.78. The van der Waals surface area contributed by atoms with Crippen molar-refractivity contribution >= 4 is 26.6 Å². The van der Waals surface area contributed by atoms with E-state index < -0.39 is 14.6 Å². The summed E-state index contributed by atoms with van der Waals surface area (Å²) in [6.07, 6.45) is 2.98. The topological polar surface area (TPSA) is 94.5 Å². The van der Waals surface area contributed by atoms with Gasteiger partial charge in [0.05, 0.1) is 30.8 Å². The first kappa shape index (κ1) is 21.1. The Morgan fingerprint density at radius 1 is 1.12 bits per heavy atom. The van der Waals surface area contributed by atoms with Crippen LogP contribution in [-0.4, -0.2) is 61.5 Å². The molecule has 2 aromatic heterocycles. The predicted molar refractivity (Wildman–Crippen MR) is 123 cm³/mol. The maximum atomic E-state index is 12.8. The van der Waals surface area contributed by atoms with E-state index in [0.717, 1.165) is 16.5 Å². The number of fused-ring (bicyclic) bond motifs is 4. The van der Waals surface area contributed by atoms with Gasteiger partial charge in [0.15, 0.2) is 27.2 Å². The summed E-state index contributed by atoms with van der Waals surface area (Å²) in [5, 5.41) is 0.962. The number of rotatable bonds is 3. The van der Waals surface area contributed by atoms with Crippen molar-refractivity contribution in [1.82, 2.24) is 15.0 Å². The van der Waals surface area contributed by atoms with E-state index in [9.17, 15) is 8.42 Å². The van der Waals surface area contributed by atoms with Gasteiger partial charge in [-0.15, -0.1) is 0 Å². The standard InChI is InChI=1S/C23H26N4O4S/c1-14-11-30-12-17-13-31-19-20(23(2,3)32(4,28)29)25-21(26-22(19)27(14)17)16-7-8-18-15(10-16)6-5-9-24-18/h5-10,14,17H,11-13H2,1-4H3/t14-,17?/m1/s1. The second kappa shape index (κ2) is 7.38. The van der Waals surface area contributed by atoms with Crippen LogP contribution in [0.15, 0.2) is 36.5 Å². The number of nitrogens with zero attached hydrogens (tertiary/aromatic N) is 4. The Bertz CT molecular complexity index is 1310. The molecule has 1 unspecified atom stereocenters. The zero-order chi connectivity index (χ0) is 22.7. The molecule has 9 heteroatoms. The van der Waals surface area contributed by atoms with Crippen LogP contribution in [0.4, 0.5) is 5.82 Å². The van der Waals surface area contributed by atoms with Crippen molar-refractivity contribution in [2.75, 3.05) is 31.0 Å². The third-order valence-electron chi connectivity index (χ3n) is 6.41. The largest absolute Gasteiger partial charge is 0.486 e. The number of sulfone groups is 1. The van der Waals surface area contributed by atoms with Crippen LogP contribution in [-0.2, 0) is 19.3 Å². The minimum Gasteiger partial charge on any atom is -0.486 e. The summed E-state index contributed by atoms with van der Waals surface area (Å²) in [4.78, 5) is 16.2. The monoisotopic (exact) mass is 454 g/mol. The summed E-state index contributed by atoms with van der Waals surface area (Å²) in [6.45, 7) is 6.91. The van der Waals surface area contributed by atoms with Crippen LogP contribution >= 0.6 is 0 Å². The van der Waals surface area contributed by atoms with Gasteiger partial charge in [-0.25, -0.2) is 18.4 Å². The molecule has 8 nitrogen and oxygen atoms in total. The molecule has 1 fully saturated rings. The SMILES string of the molecule is C[C@@H]1COCC2COc3c(nc(-c4ccc5ncccc5c4)nc3C(C)(C)S(C)(=O)=O)N21. The number of aromatic nitrogens is 3. The first-order valence-corrected chi connectivity index (χ1v) is 12.5. The Balaban J connectivity index is 1.76. The molecule has 0 bridgehead atoms. The van der Waals surface area contributed by atoms with Gasteiger partial charge in [0.2, 0.25) is 0 Å². The van der Waals surface area contributed by atoms with Crippen LogP contribution in [0.2, 0.25) is 0 Å². The Morgan fingerprint density at radius 2 is 1.94 bits per heavy atom. The average Bonchev–Trinajstić information content (AvgIpc) is 2.77. The van der Waals surface area contributed by atoms with Crippen LogP contribution in [0.3, 0.4) is 0 Å². The fourth-order valence-electron chi connectivity index (χ4n) is 4.26. The molecule has 2 aliphatic rings. The summed E-state index contributed by atoms with van der Waals surface area (Å²) in [7, 11) is -3.49. The zero-order valence-corrected chi connectivity index (χ0v) is 19.4. The number of pyridine rings is 1. The van der Waals surface area contributed by atoms with Crippen molar-refractivity contribution in [3.05, 3.63) is 42.2 Å². The molecule has 0 amide bonds. The van der Waals surface area contributed by atoms with E-state index in [4.69, 9.17) is 19.4 Å². The molecule has 0 saturated carbocycles. The number of anilines is 1. The van der Waals surface area contributed by atoms with Gasteiger partial charge >= 0.3 is 0 Å². The van der Waals surface area contributed by atoms with E-state index in [1.165, 1.54) is 6.26 Å². The molecule has 0 N–H and O–H groups in total. The van der Waals surface area contributed by atoms with Crippen molar-refractivity contribution in [2.24, 2.45) is 0 Å². The molecule has 4 heterocycles. The summed E-state index contributed by atoms with van der Waals surface area (Å²) >= 11 is 0. The van der Waals surface area contributed by atoms with Crippen molar-refractivity contribution in [3.63, 3.8) is 0 Å². The van der Waals surface area contributed by atoms with Crippen molar-refractivity contribution in [3.8, 4) is 17.1 Å². The quantitative estimate of drug-likeness (QED) is 0.596. The molecule has 0 aliphatic carbocycles. The molecule has 32 heavy (non-hydrogen) atoms. The smallest absolute Gasteiger partial charge is 0.185 e. The fraction of sp³-hybridized carbons (Fsp3) is 0.435. The van der Waals surface area contributed by atoms with Gasteiger partial charge < -0.3 is 14.4 Å². The second-order valence-electron chi connectivity index (χ2n) is 9.00. The summed E-state index contributed by atoms with van der Waals surface area (Å²) < 4.78 is 36.1. The van der Waals surface area contributed by atoms with Gasteiger partial charge in [-0.1, -0.05) is 6.07 Å². The molecule has 1 aromatic carbocycles. The normalized spacial score (nSPS) is 21.1. The summed E-state index contributed by atoms with van der Waals surface area (Å²) in [5.41, 5.74) is 2.04. The Labute approximate surface area is 187 Å². The average molecular weight is 455 g/mol. The first-order valence-electron chi connectivity index (χ1n) is 10.6. The lowest BCUT2D eigenvalue weighted by atomic mass is 10.0. The highest BCUT2D eigenvalue weighted by molar-refractivity contribution is 7.91. The number of morpholine rings is 1. The van der Waals surface area contributed by atoms with Crippen molar-refractivity contribution in [2.45, 2.75) is 37.6 Å². The van der Waals surface area contributed by atoms with Gasteiger partial charge in [0.25, 0.3) is 0 Å². The molecular formula is C23H26N4O4S. The number of ether oxygens (including phenoxy) is 2. The molecule has 2 atom stereocenters. The Kier molecular flexibility index (Phi) is 4.86. The number of hydrogen-bond donors (Lipinski definition) is 0. The van der Waals surface area contributed by atoms with Crippen molar-refractivity contribution < 1.29 is 17.9 Å². The molecule has 2 aliphatic heterocycles. The molecular weight excluding hydrogens is 428 g/mol. The molecule has 0 radical (unpaired) electrons. The molecule has 168 valence electrons. The lowest BCUT2D eigenvalue weighted by Gasteiger charge is -2.45. The highest BCUT2D eigenvalue weighted by Gasteiger charge is 2.43. The van der Waals surface area contributed by atoms with Crippen LogP contribution in [0, 0.1) is 0 Å². The Morgan fingerprint density at radius 3 is 2.72 bits per heavy atom. The van der Waals surface area contributed by atoms with Crippen LogP contribution < -0.4 is 9.64 Å². The van der Waals surface area contributed by atoms with Crippen LogP contribution in [0.25, 0.3) is 22.3 Å². The van der Waals surface area contributed by atoms with E-state index in [1.54, 1.807) is 20.0 Å². The van der Waals surface area contributed by atoms with Gasteiger partial charge in [-0.05, 0) is 45.0 Å². The zero-order valence-electron chi connectivity index (χ0n) is 18.6. The molecule has 3 aromatic rings. The van der Waals surface area contributed by atoms with E-state index in [-0.39, 0.29) is 12.1 Å². The fourth-order valence-corrected chi connectivity index (χ4v) is 4.75. The maximum Gasteiger partial charge on any atom is 0.185 e. The molecule has 5 rings (SSSR count). The second-order valence-corrected chi connectivity index (χ2v) is 11.6. The van der Waals surface area contributed by atoms with Crippen LogP contribution in [0.5, 0.6) is 5.75 Å². The third kappa shape index (κ3) is 3.31. The van der Waals surface area contributed by atoms with Gasteiger partial charge in [0, 0.05) is 23.4 Å². The van der Waals surface area contributed by atoms with Crippen LogP contribution in [0.1, 0.15) is 26.5 Å².